The Morgan fingerprint density at radius 2 is 1.58 bits per heavy atom. The molecule has 0 unspecified atom stereocenters. The maximum Gasteiger partial charge on any atom is 0.142 e. The fraction of sp³-hybridized carbons (Fsp3) is 0.429. The van der Waals surface area contributed by atoms with Gasteiger partial charge in [-0.15, -0.1) is 0 Å². The molecule has 0 saturated carbocycles. The Labute approximate surface area is 146 Å². The van der Waals surface area contributed by atoms with Crippen molar-refractivity contribution in [3.63, 3.8) is 0 Å². The van der Waals surface area contributed by atoms with E-state index in [0.717, 1.165) is 24.3 Å². The minimum Gasteiger partial charge on any atom is -0.487 e. The summed E-state index contributed by atoms with van der Waals surface area (Å²) >= 11 is 0. The highest BCUT2D eigenvalue weighted by molar-refractivity contribution is 5.54. The van der Waals surface area contributed by atoms with Crippen molar-refractivity contribution in [1.82, 2.24) is 4.90 Å². The minimum atomic E-state index is 0.548. The van der Waals surface area contributed by atoms with Gasteiger partial charge in [-0.05, 0) is 55.6 Å². The molecular formula is C21H30N2O. The van der Waals surface area contributed by atoms with Crippen LogP contribution in [0.2, 0.25) is 0 Å². The number of benzene rings is 2. The molecule has 24 heavy (non-hydrogen) atoms. The summed E-state index contributed by atoms with van der Waals surface area (Å²) in [7, 11) is 0. The van der Waals surface area contributed by atoms with Crippen molar-refractivity contribution in [3.05, 3.63) is 59.7 Å². The molecule has 2 N–H and O–H groups in total. The van der Waals surface area contributed by atoms with Gasteiger partial charge in [0.2, 0.25) is 0 Å². The Balaban J connectivity index is 1.94. The molecule has 0 aliphatic rings. The van der Waals surface area contributed by atoms with Crippen LogP contribution in [0.3, 0.4) is 0 Å². The second-order valence-corrected chi connectivity index (χ2v) is 6.24. The summed E-state index contributed by atoms with van der Waals surface area (Å²) in [6, 6.07) is 16.3. The van der Waals surface area contributed by atoms with Gasteiger partial charge in [-0.3, -0.25) is 0 Å². The largest absolute Gasteiger partial charge is 0.487 e. The summed E-state index contributed by atoms with van der Waals surface area (Å²) in [5.74, 6) is 0.786. The predicted molar refractivity (Wildman–Crippen MR) is 102 cm³/mol. The average Bonchev–Trinajstić information content (AvgIpc) is 2.61. The first-order valence-corrected chi connectivity index (χ1v) is 9.00. The molecule has 2 aromatic rings. The number of anilines is 1. The summed E-state index contributed by atoms with van der Waals surface area (Å²) in [4.78, 5) is 2.53. The molecule has 0 spiro atoms. The van der Waals surface area contributed by atoms with Crippen LogP contribution in [0.25, 0.3) is 0 Å². The fourth-order valence-corrected chi connectivity index (χ4v) is 2.85. The quantitative estimate of drug-likeness (QED) is 0.653. The molecule has 2 aromatic carbocycles. The third-order valence-electron chi connectivity index (χ3n) is 4.11. The van der Waals surface area contributed by atoms with Gasteiger partial charge in [0, 0.05) is 6.54 Å². The lowest BCUT2D eigenvalue weighted by atomic mass is 10.1. The molecule has 0 aliphatic heterocycles. The van der Waals surface area contributed by atoms with Crippen molar-refractivity contribution in [2.24, 2.45) is 0 Å². The average molecular weight is 326 g/mol. The van der Waals surface area contributed by atoms with Crippen LogP contribution in [0.1, 0.15) is 37.8 Å². The Kier molecular flexibility index (Phi) is 7.63. The van der Waals surface area contributed by atoms with E-state index in [1.807, 2.05) is 24.3 Å². The maximum atomic E-state index is 6.07. The number of nitrogens with two attached hydrogens (primary N) is 1. The molecule has 130 valence electrons. The van der Waals surface area contributed by atoms with E-state index < -0.39 is 0 Å². The summed E-state index contributed by atoms with van der Waals surface area (Å²) in [6.07, 6.45) is 3.43. The third kappa shape index (κ3) is 5.89. The van der Waals surface area contributed by atoms with E-state index in [0.29, 0.717) is 12.3 Å². The zero-order valence-electron chi connectivity index (χ0n) is 15.0. The number of nitrogen functional groups attached to an aromatic ring is 1. The highest BCUT2D eigenvalue weighted by atomic mass is 16.5. The molecule has 0 atom stereocenters. The van der Waals surface area contributed by atoms with Crippen LogP contribution in [0.4, 0.5) is 5.69 Å². The molecule has 0 aromatic heterocycles. The molecule has 0 amide bonds. The Hall–Kier alpha value is -2.00. The molecule has 3 heteroatoms. The summed E-state index contributed by atoms with van der Waals surface area (Å²) in [6.45, 7) is 8.44. The molecule has 0 fully saturated rings. The number of nitrogens with zero attached hydrogens (tertiary/aromatic N) is 1. The zero-order chi connectivity index (χ0) is 17.2. The molecule has 0 aliphatic carbocycles. The Bertz CT molecular complexity index is 592. The lowest BCUT2D eigenvalue weighted by Gasteiger charge is -2.21. The normalized spacial score (nSPS) is 11.0. The molecule has 0 radical (unpaired) electrons. The second kappa shape index (κ2) is 9.99. The number of rotatable bonds is 10. The minimum absolute atomic E-state index is 0.548. The first-order chi connectivity index (χ1) is 11.7. The summed E-state index contributed by atoms with van der Waals surface area (Å²) < 4.78 is 5.93. The molecule has 0 heterocycles. The molecule has 0 saturated heterocycles. The van der Waals surface area contributed by atoms with Gasteiger partial charge in [-0.1, -0.05) is 50.2 Å². The van der Waals surface area contributed by atoms with E-state index in [1.165, 1.54) is 31.5 Å². The first kappa shape index (κ1) is 18.3. The van der Waals surface area contributed by atoms with Gasteiger partial charge in [0.05, 0.1) is 5.69 Å². The van der Waals surface area contributed by atoms with E-state index >= 15 is 0 Å². The van der Waals surface area contributed by atoms with Crippen molar-refractivity contribution in [3.8, 4) is 5.75 Å². The van der Waals surface area contributed by atoms with Crippen LogP contribution in [0.5, 0.6) is 5.75 Å². The molecule has 0 bridgehead atoms. The summed E-state index contributed by atoms with van der Waals surface area (Å²) in [5.41, 5.74) is 9.21. The highest BCUT2D eigenvalue weighted by Gasteiger charge is 2.06. The number of hydrogen-bond donors (Lipinski definition) is 1. The van der Waals surface area contributed by atoms with Crippen LogP contribution < -0.4 is 10.5 Å². The first-order valence-electron chi connectivity index (χ1n) is 9.00. The van der Waals surface area contributed by atoms with Gasteiger partial charge in [-0.25, -0.2) is 0 Å². The van der Waals surface area contributed by atoms with Gasteiger partial charge in [0.15, 0.2) is 0 Å². The summed E-state index contributed by atoms with van der Waals surface area (Å²) in [5, 5.41) is 0. The van der Waals surface area contributed by atoms with Gasteiger partial charge in [-0.2, -0.15) is 0 Å². The van der Waals surface area contributed by atoms with Crippen molar-refractivity contribution in [2.45, 2.75) is 39.7 Å². The van der Waals surface area contributed by atoms with Crippen molar-refractivity contribution in [1.29, 1.82) is 0 Å². The van der Waals surface area contributed by atoms with E-state index in [1.54, 1.807) is 0 Å². The topological polar surface area (TPSA) is 38.5 Å². The number of hydrogen-bond acceptors (Lipinski definition) is 3. The van der Waals surface area contributed by atoms with Gasteiger partial charge < -0.3 is 15.4 Å². The van der Waals surface area contributed by atoms with Crippen molar-refractivity contribution >= 4 is 5.69 Å². The second-order valence-electron chi connectivity index (χ2n) is 6.24. The third-order valence-corrected chi connectivity index (χ3v) is 4.11. The monoisotopic (exact) mass is 326 g/mol. The van der Waals surface area contributed by atoms with E-state index in [-0.39, 0.29) is 0 Å². The van der Waals surface area contributed by atoms with Crippen molar-refractivity contribution in [2.75, 3.05) is 25.4 Å². The van der Waals surface area contributed by atoms with Gasteiger partial charge in [0.1, 0.15) is 12.4 Å². The lowest BCUT2D eigenvalue weighted by molar-refractivity contribution is 0.277. The van der Waals surface area contributed by atoms with Crippen molar-refractivity contribution < 1.29 is 4.74 Å². The molecular weight excluding hydrogens is 296 g/mol. The standard InChI is InChI=1S/C21H30N2O/c1-3-13-23(14-4-2)15-12-18-10-11-20(22)21(16-18)24-17-19-8-6-5-7-9-19/h5-11,16H,3-4,12-15,17,22H2,1-2H3. The number of ether oxygens (including phenoxy) is 1. The highest BCUT2D eigenvalue weighted by Crippen LogP contribution is 2.24. The van der Waals surface area contributed by atoms with Crippen LogP contribution in [0.15, 0.2) is 48.5 Å². The fourth-order valence-electron chi connectivity index (χ4n) is 2.85. The lowest BCUT2D eigenvalue weighted by Crippen LogP contribution is -2.27. The van der Waals surface area contributed by atoms with Gasteiger partial charge >= 0.3 is 0 Å². The Morgan fingerprint density at radius 3 is 2.25 bits per heavy atom. The van der Waals surface area contributed by atoms with E-state index in [2.05, 4.69) is 43.0 Å². The SMILES string of the molecule is CCCN(CCC)CCc1ccc(N)c(OCc2ccccc2)c1. The van der Waals surface area contributed by atoms with Gasteiger partial charge in [0.25, 0.3) is 0 Å². The predicted octanol–water partition coefficient (Wildman–Crippen LogP) is 4.51. The van der Waals surface area contributed by atoms with Crippen LogP contribution in [0, 0.1) is 0 Å². The molecule has 2 rings (SSSR count). The molecule has 3 nitrogen and oxygen atoms in total. The van der Waals surface area contributed by atoms with Crippen LogP contribution in [-0.2, 0) is 13.0 Å². The van der Waals surface area contributed by atoms with Crippen LogP contribution in [-0.4, -0.2) is 24.5 Å². The van der Waals surface area contributed by atoms with E-state index in [4.69, 9.17) is 10.5 Å². The smallest absolute Gasteiger partial charge is 0.142 e. The zero-order valence-corrected chi connectivity index (χ0v) is 15.0. The Morgan fingerprint density at radius 1 is 0.875 bits per heavy atom. The van der Waals surface area contributed by atoms with Crippen LogP contribution >= 0.6 is 0 Å². The maximum absolute atomic E-state index is 6.07. The van der Waals surface area contributed by atoms with E-state index in [9.17, 15) is 0 Å².